The average molecular weight is 526 g/mol. The molecule has 6 rings (SSSR count). The first kappa shape index (κ1) is 24.9. The molecule has 2 aliphatic rings. The highest BCUT2D eigenvalue weighted by molar-refractivity contribution is 6.00. The summed E-state index contributed by atoms with van der Waals surface area (Å²) in [5.41, 5.74) is 4.57. The third-order valence-corrected chi connectivity index (χ3v) is 7.45. The van der Waals surface area contributed by atoms with E-state index in [2.05, 4.69) is 18.8 Å². The van der Waals surface area contributed by atoms with Crippen molar-refractivity contribution in [1.82, 2.24) is 19.6 Å². The third kappa shape index (κ3) is 4.18. The molecule has 0 unspecified atom stereocenters. The highest BCUT2D eigenvalue weighted by Crippen LogP contribution is 2.51. The van der Waals surface area contributed by atoms with Crippen LogP contribution in [-0.4, -0.2) is 53.7 Å². The summed E-state index contributed by atoms with van der Waals surface area (Å²) in [6, 6.07) is 13.8. The summed E-state index contributed by atoms with van der Waals surface area (Å²) in [6.07, 6.45) is 2.69. The molecule has 0 spiro atoms. The van der Waals surface area contributed by atoms with Gasteiger partial charge in [0.05, 0.1) is 25.7 Å². The van der Waals surface area contributed by atoms with Crippen molar-refractivity contribution in [2.75, 3.05) is 33.2 Å². The van der Waals surface area contributed by atoms with Crippen LogP contribution in [0.3, 0.4) is 0 Å². The molecule has 1 aliphatic heterocycles. The van der Waals surface area contributed by atoms with Gasteiger partial charge in [-0.15, -0.1) is 5.10 Å². The SMILES string of the molecule is COc1ccc([C@@H]2C3=C(CC(C)(C)CC3=O)Oc3ncn4nc(-c5ccc(N(C)C)cc5)nc4c32)cc1OC. The van der Waals surface area contributed by atoms with E-state index in [9.17, 15) is 4.79 Å². The van der Waals surface area contributed by atoms with Crippen LogP contribution in [0.5, 0.6) is 17.4 Å². The summed E-state index contributed by atoms with van der Waals surface area (Å²) in [5, 5.41) is 4.73. The van der Waals surface area contributed by atoms with E-state index in [1.807, 2.05) is 61.5 Å². The molecule has 1 atom stereocenters. The Hall–Kier alpha value is -4.40. The zero-order valence-electron chi connectivity index (χ0n) is 23.0. The van der Waals surface area contributed by atoms with Gasteiger partial charge in [0, 0.05) is 43.8 Å². The van der Waals surface area contributed by atoms with Crippen molar-refractivity contribution in [2.45, 2.75) is 32.6 Å². The topological polar surface area (TPSA) is 91.1 Å². The summed E-state index contributed by atoms with van der Waals surface area (Å²) in [6.45, 7) is 4.17. The van der Waals surface area contributed by atoms with E-state index >= 15 is 0 Å². The number of nitrogens with zero attached hydrogens (tertiary/aromatic N) is 5. The second kappa shape index (κ2) is 9.11. The molecule has 0 saturated carbocycles. The third-order valence-electron chi connectivity index (χ3n) is 7.45. The minimum absolute atomic E-state index is 0.0627. The molecule has 4 aromatic rings. The van der Waals surface area contributed by atoms with Gasteiger partial charge in [0.2, 0.25) is 5.88 Å². The first-order chi connectivity index (χ1) is 18.7. The van der Waals surface area contributed by atoms with Crippen LogP contribution in [0.2, 0.25) is 0 Å². The molecular weight excluding hydrogens is 494 g/mol. The Morgan fingerprint density at radius 1 is 1.03 bits per heavy atom. The van der Waals surface area contributed by atoms with Gasteiger partial charge in [-0.1, -0.05) is 19.9 Å². The Labute approximate surface area is 227 Å². The Morgan fingerprint density at radius 2 is 1.77 bits per heavy atom. The Morgan fingerprint density at radius 3 is 2.46 bits per heavy atom. The number of ketones is 1. The lowest BCUT2D eigenvalue weighted by Crippen LogP contribution is -2.33. The first-order valence-electron chi connectivity index (χ1n) is 12.9. The smallest absolute Gasteiger partial charge is 0.228 e. The average Bonchev–Trinajstić information content (AvgIpc) is 3.35. The Kier molecular flexibility index (Phi) is 5.82. The summed E-state index contributed by atoms with van der Waals surface area (Å²) in [7, 11) is 7.21. The molecule has 9 nitrogen and oxygen atoms in total. The molecule has 0 radical (unpaired) electrons. The Bertz CT molecular complexity index is 1640. The van der Waals surface area contributed by atoms with E-state index in [-0.39, 0.29) is 11.2 Å². The number of aromatic nitrogens is 4. The number of rotatable bonds is 5. The van der Waals surface area contributed by atoms with E-state index in [1.54, 1.807) is 25.1 Å². The molecular formula is C30H31N5O4. The molecule has 0 saturated heterocycles. The maximum absolute atomic E-state index is 13.7. The highest BCUT2D eigenvalue weighted by atomic mass is 16.5. The van der Waals surface area contributed by atoms with Gasteiger partial charge in [0.15, 0.2) is 28.8 Å². The zero-order valence-corrected chi connectivity index (χ0v) is 23.0. The normalized spacial score (nSPS) is 17.9. The predicted octanol–water partition coefficient (Wildman–Crippen LogP) is 5.04. The largest absolute Gasteiger partial charge is 0.493 e. The summed E-state index contributed by atoms with van der Waals surface area (Å²) >= 11 is 0. The fourth-order valence-electron chi connectivity index (χ4n) is 5.54. The van der Waals surface area contributed by atoms with Crippen molar-refractivity contribution in [2.24, 2.45) is 5.41 Å². The molecule has 3 heterocycles. The number of fused-ring (bicyclic) bond motifs is 3. The number of Topliss-reactive ketones (excluding diaryl/α,β-unsaturated/α-hetero) is 1. The van der Waals surface area contributed by atoms with E-state index in [4.69, 9.17) is 24.3 Å². The minimum atomic E-state index is -0.448. The van der Waals surface area contributed by atoms with E-state index in [1.165, 1.54) is 0 Å². The van der Waals surface area contributed by atoms with Gasteiger partial charge in [-0.3, -0.25) is 4.79 Å². The molecule has 2 aromatic carbocycles. The number of hydrogen-bond donors (Lipinski definition) is 0. The van der Waals surface area contributed by atoms with Crippen LogP contribution < -0.4 is 19.1 Å². The van der Waals surface area contributed by atoms with Gasteiger partial charge in [-0.25, -0.2) is 14.5 Å². The molecule has 0 bridgehead atoms. The number of carbonyl (C=O) groups excluding carboxylic acids is 1. The van der Waals surface area contributed by atoms with E-state index in [0.717, 1.165) is 16.8 Å². The van der Waals surface area contributed by atoms with E-state index in [0.29, 0.717) is 58.6 Å². The summed E-state index contributed by atoms with van der Waals surface area (Å²) < 4.78 is 19.1. The van der Waals surface area contributed by atoms with Crippen molar-refractivity contribution in [3.05, 3.63) is 71.3 Å². The lowest BCUT2D eigenvalue weighted by Gasteiger charge is -2.37. The van der Waals surface area contributed by atoms with Crippen LogP contribution in [0, 0.1) is 5.41 Å². The van der Waals surface area contributed by atoms with Crippen LogP contribution in [0.15, 0.2) is 60.1 Å². The number of allylic oxidation sites excluding steroid dienone is 2. The fourth-order valence-corrected chi connectivity index (χ4v) is 5.54. The molecule has 200 valence electrons. The van der Waals surface area contributed by atoms with E-state index < -0.39 is 5.92 Å². The quantitative estimate of drug-likeness (QED) is 0.358. The fraction of sp³-hybridized carbons (Fsp3) is 0.333. The van der Waals surface area contributed by atoms with Crippen LogP contribution in [0.4, 0.5) is 5.69 Å². The highest BCUT2D eigenvalue weighted by Gasteiger charge is 2.44. The molecule has 39 heavy (non-hydrogen) atoms. The van der Waals surface area contributed by atoms with Crippen molar-refractivity contribution in [1.29, 1.82) is 0 Å². The number of ether oxygens (including phenoxy) is 3. The standard InChI is InChI=1S/C30H31N5O4/c1-30(2)14-20(36)25-23(15-30)39-29-26(24(25)18-9-12-21(37-5)22(13-18)38-6)28-32-27(33-35(28)16-31-29)17-7-10-19(11-8-17)34(3)4/h7-13,16,24H,14-15H2,1-6H3/t24-/m1/s1. The zero-order chi connectivity index (χ0) is 27.5. The lowest BCUT2D eigenvalue weighted by atomic mass is 9.70. The van der Waals surface area contributed by atoms with Crippen LogP contribution in [0.25, 0.3) is 17.0 Å². The van der Waals surface area contributed by atoms with Crippen LogP contribution >= 0.6 is 0 Å². The van der Waals surface area contributed by atoms with Crippen molar-refractivity contribution < 1.29 is 19.0 Å². The van der Waals surface area contributed by atoms with Crippen molar-refractivity contribution >= 4 is 17.1 Å². The molecule has 9 heteroatoms. The first-order valence-corrected chi connectivity index (χ1v) is 12.9. The van der Waals surface area contributed by atoms with Gasteiger partial charge in [0.1, 0.15) is 12.1 Å². The van der Waals surface area contributed by atoms with Gasteiger partial charge in [-0.2, -0.15) is 0 Å². The summed E-state index contributed by atoms with van der Waals surface area (Å²) in [5.74, 6) is 2.48. The Balaban J connectivity index is 1.56. The molecule has 1 aliphatic carbocycles. The van der Waals surface area contributed by atoms with Gasteiger partial charge < -0.3 is 19.1 Å². The number of methoxy groups -OCH3 is 2. The summed E-state index contributed by atoms with van der Waals surface area (Å²) in [4.78, 5) is 25.3. The lowest BCUT2D eigenvalue weighted by molar-refractivity contribution is -0.118. The van der Waals surface area contributed by atoms with Crippen LogP contribution in [0.1, 0.15) is 43.7 Å². The molecule has 0 fully saturated rings. The van der Waals surface area contributed by atoms with Crippen molar-refractivity contribution in [3.63, 3.8) is 0 Å². The van der Waals surface area contributed by atoms with Crippen molar-refractivity contribution in [3.8, 4) is 28.8 Å². The molecule has 2 aromatic heterocycles. The van der Waals surface area contributed by atoms with Gasteiger partial charge in [-0.05, 0) is 47.4 Å². The molecule has 0 N–H and O–H groups in total. The number of hydrogen-bond acceptors (Lipinski definition) is 8. The monoisotopic (exact) mass is 525 g/mol. The minimum Gasteiger partial charge on any atom is -0.493 e. The predicted molar refractivity (Wildman–Crippen MR) is 148 cm³/mol. The number of benzene rings is 2. The molecule has 0 amide bonds. The van der Waals surface area contributed by atoms with Crippen LogP contribution in [-0.2, 0) is 4.79 Å². The number of carbonyl (C=O) groups is 1. The number of anilines is 1. The second-order valence-electron chi connectivity index (χ2n) is 11.0. The van der Waals surface area contributed by atoms with Gasteiger partial charge >= 0.3 is 0 Å². The maximum atomic E-state index is 13.7. The maximum Gasteiger partial charge on any atom is 0.228 e. The van der Waals surface area contributed by atoms with Gasteiger partial charge in [0.25, 0.3) is 0 Å². The second-order valence-corrected chi connectivity index (χ2v) is 11.0.